The molecule has 0 aliphatic carbocycles. The van der Waals surface area contributed by atoms with Crippen LogP contribution >= 0.6 is 0 Å². The van der Waals surface area contributed by atoms with Crippen molar-refractivity contribution in [1.82, 2.24) is 5.06 Å². The molecule has 2 rings (SSSR count). The summed E-state index contributed by atoms with van der Waals surface area (Å²) in [5.41, 5.74) is 2.57. The maximum Gasteiger partial charge on any atom is 0.243 e. The minimum atomic E-state index is -0.591. The molecule has 1 atom stereocenters. The number of carbonyl (C=O) groups excluding carboxylic acids is 1. The van der Waals surface area contributed by atoms with Crippen molar-refractivity contribution in [3.8, 4) is 23.0 Å². The third-order valence-electron chi connectivity index (χ3n) is 3.16. The molecular formula is C18H16FNO2. The fourth-order valence-corrected chi connectivity index (χ4v) is 1.94. The van der Waals surface area contributed by atoms with Crippen molar-refractivity contribution in [2.24, 2.45) is 0 Å². The normalized spacial score (nSPS) is 11.3. The number of rotatable bonds is 2. The van der Waals surface area contributed by atoms with E-state index in [0.717, 1.165) is 16.7 Å². The van der Waals surface area contributed by atoms with Crippen LogP contribution in [0.25, 0.3) is 11.1 Å². The predicted octanol–water partition coefficient (Wildman–Crippen LogP) is 3.47. The van der Waals surface area contributed by atoms with Gasteiger partial charge in [0, 0.05) is 12.5 Å². The Bertz CT molecular complexity index is 729. The Morgan fingerprint density at radius 2 is 1.86 bits per heavy atom. The highest BCUT2D eigenvalue weighted by Crippen LogP contribution is 2.20. The van der Waals surface area contributed by atoms with Gasteiger partial charge in [-0.15, -0.1) is 0 Å². The zero-order valence-corrected chi connectivity index (χ0v) is 12.4. The first kappa shape index (κ1) is 15.7. The van der Waals surface area contributed by atoms with Gasteiger partial charge < -0.3 is 0 Å². The lowest BCUT2D eigenvalue weighted by Gasteiger charge is -2.15. The average molecular weight is 297 g/mol. The quantitative estimate of drug-likeness (QED) is 0.524. The number of hydroxylamine groups is 2. The molecular weight excluding hydrogens is 281 g/mol. The van der Waals surface area contributed by atoms with E-state index in [0.29, 0.717) is 5.06 Å². The van der Waals surface area contributed by atoms with E-state index >= 15 is 0 Å². The van der Waals surface area contributed by atoms with E-state index in [1.807, 2.05) is 24.3 Å². The lowest BCUT2D eigenvalue weighted by Crippen LogP contribution is -2.32. The van der Waals surface area contributed by atoms with Crippen LogP contribution in [0.4, 0.5) is 4.39 Å². The lowest BCUT2D eigenvalue weighted by atomic mass is 10.0. The van der Waals surface area contributed by atoms with E-state index in [1.54, 1.807) is 19.1 Å². The minimum Gasteiger partial charge on any atom is -0.285 e. The van der Waals surface area contributed by atoms with Crippen molar-refractivity contribution < 1.29 is 14.4 Å². The molecule has 0 aliphatic heterocycles. The zero-order valence-electron chi connectivity index (χ0n) is 12.4. The van der Waals surface area contributed by atoms with Gasteiger partial charge in [-0.25, -0.2) is 9.45 Å². The second-order valence-corrected chi connectivity index (χ2v) is 4.90. The standard InChI is InChI=1S/C18H16FNO2/c1-13(20(22)14(2)21)6-7-15-4-3-5-17(12-15)16-8-10-18(19)11-9-16/h3-5,8-13,22H,1-2H3/t13-/m0/s1. The Labute approximate surface area is 129 Å². The van der Waals surface area contributed by atoms with Gasteiger partial charge in [-0.1, -0.05) is 36.1 Å². The second kappa shape index (κ2) is 6.88. The van der Waals surface area contributed by atoms with E-state index in [1.165, 1.54) is 19.1 Å². The van der Waals surface area contributed by atoms with Crippen molar-refractivity contribution in [1.29, 1.82) is 0 Å². The van der Waals surface area contributed by atoms with Crippen LogP contribution in [0.1, 0.15) is 19.4 Å². The number of amides is 1. The Balaban J connectivity index is 2.23. The summed E-state index contributed by atoms with van der Waals surface area (Å²) in [4.78, 5) is 11.0. The molecule has 0 fully saturated rings. The van der Waals surface area contributed by atoms with Gasteiger partial charge in [0.25, 0.3) is 0 Å². The first-order valence-corrected chi connectivity index (χ1v) is 6.83. The number of hydrogen-bond donors (Lipinski definition) is 1. The molecule has 22 heavy (non-hydrogen) atoms. The van der Waals surface area contributed by atoms with Gasteiger partial charge in [0.1, 0.15) is 11.9 Å². The number of hydrogen-bond acceptors (Lipinski definition) is 2. The van der Waals surface area contributed by atoms with Gasteiger partial charge in [-0.05, 0) is 42.3 Å². The Kier molecular flexibility index (Phi) is 4.92. The molecule has 0 saturated carbocycles. The molecule has 3 nitrogen and oxygen atoms in total. The average Bonchev–Trinajstić information content (AvgIpc) is 2.52. The largest absolute Gasteiger partial charge is 0.285 e. The van der Waals surface area contributed by atoms with Crippen molar-refractivity contribution >= 4 is 5.91 Å². The van der Waals surface area contributed by atoms with E-state index in [4.69, 9.17) is 0 Å². The zero-order chi connectivity index (χ0) is 16.1. The minimum absolute atomic E-state index is 0.277. The maximum atomic E-state index is 13.0. The van der Waals surface area contributed by atoms with Gasteiger partial charge in [-0.2, -0.15) is 0 Å². The van der Waals surface area contributed by atoms with Crippen molar-refractivity contribution in [2.75, 3.05) is 0 Å². The van der Waals surface area contributed by atoms with Crippen LogP contribution in [-0.4, -0.2) is 22.2 Å². The predicted molar refractivity (Wildman–Crippen MR) is 82.5 cm³/mol. The summed E-state index contributed by atoms with van der Waals surface area (Å²) in [5.74, 6) is 5.00. The highest BCUT2D eigenvalue weighted by Gasteiger charge is 2.10. The first-order chi connectivity index (χ1) is 10.5. The maximum absolute atomic E-state index is 13.0. The van der Waals surface area contributed by atoms with Crippen LogP contribution in [0.15, 0.2) is 48.5 Å². The molecule has 0 saturated heterocycles. The fraction of sp³-hybridized carbons (Fsp3) is 0.167. The number of carbonyl (C=O) groups is 1. The molecule has 1 amide bonds. The lowest BCUT2D eigenvalue weighted by molar-refractivity contribution is -0.166. The molecule has 0 unspecified atom stereocenters. The molecule has 0 aliphatic rings. The topological polar surface area (TPSA) is 40.5 Å². The molecule has 2 aromatic carbocycles. The molecule has 0 aromatic heterocycles. The van der Waals surface area contributed by atoms with Crippen LogP contribution in [-0.2, 0) is 4.79 Å². The van der Waals surface area contributed by atoms with Crippen LogP contribution in [0.3, 0.4) is 0 Å². The fourth-order valence-electron chi connectivity index (χ4n) is 1.94. The van der Waals surface area contributed by atoms with Gasteiger partial charge in [0.05, 0.1) is 0 Å². The van der Waals surface area contributed by atoms with Crippen LogP contribution < -0.4 is 0 Å². The molecule has 112 valence electrons. The van der Waals surface area contributed by atoms with Gasteiger partial charge in [0.2, 0.25) is 5.91 Å². The van der Waals surface area contributed by atoms with Crippen LogP contribution in [0.2, 0.25) is 0 Å². The summed E-state index contributed by atoms with van der Waals surface area (Å²) in [5, 5.41) is 10.1. The third kappa shape index (κ3) is 3.94. The number of halogens is 1. The van der Waals surface area contributed by atoms with Crippen molar-refractivity contribution in [2.45, 2.75) is 19.9 Å². The van der Waals surface area contributed by atoms with E-state index in [9.17, 15) is 14.4 Å². The second-order valence-electron chi connectivity index (χ2n) is 4.90. The van der Waals surface area contributed by atoms with Crippen molar-refractivity contribution in [3.63, 3.8) is 0 Å². The molecule has 2 aromatic rings. The van der Waals surface area contributed by atoms with Crippen LogP contribution in [0.5, 0.6) is 0 Å². The summed E-state index contributed by atoms with van der Waals surface area (Å²) in [6, 6.07) is 13.1. The van der Waals surface area contributed by atoms with Gasteiger partial charge in [-0.3, -0.25) is 10.0 Å². The molecule has 0 spiro atoms. The molecule has 4 heteroatoms. The summed E-state index contributed by atoms with van der Waals surface area (Å²) in [6.45, 7) is 2.91. The molecule has 0 radical (unpaired) electrons. The molecule has 1 N–H and O–H groups in total. The van der Waals surface area contributed by atoms with Gasteiger partial charge >= 0.3 is 0 Å². The van der Waals surface area contributed by atoms with Crippen LogP contribution in [0, 0.1) is 17.7 Å². The Morgan fingerprint density at radius 1 is 1.18 bits per heavy atom. The Hall–Kier alpha value is -2.64. The first-order valence-electron chi connectivity index (χ1n) is 6.83. The smallest absolute Gasteiger partial charge is 0.243 e. The number of benzene rings is 2. The summed E-state index contributed by atoms with van der Waals surface area (Å²) in [6.07, 6.45) is 0. The highest BCUT2D eigenvalue weighted by molar-refractivity contribution is 5.72. The SMILES string of the molecule is CC(=O)N(O)[C@@H](C)C#Cc1cccc(-c2ccc(F)cc2)c1. The van der Waals surface area contributed by atoms with Crippen molar-refractivity contribution in [3.05, 3.63) is 59.9 Å². The summed E-state index contributed by atoms with van der Waals surface area (Å²) < 4.78 is 13.0. The third-order valence-corrected chi connectivity index (χ3v) is 3.16. The summed E-state index contributed by atoms with van der Waals surface area (Å²) >= 11 is 0. The van der Waals surface area contributed by atoms with E-state index in [2.05, 4.69) is 11.8 Å². The monoisotopic (exact) mass is 297 g/mol. The highest BCUT2D eigenvalue weighted by atomic mass is 19.1. The van der Waals surface area contributed by atoms with E-state index < -0.39 is 11.9 Å². The molecule has 0 bridgehead atoms. The molecule has 0 heterocycles. The number of nitrogens with zero attached hydrogens (tertiary/aromatic N) is 1. The summed E-state index contributed by atoms with van der Waals surface area (Å²) in [7, 11) is 0. The Morgan fingerprint density at radius 3 is 2.50 bits per heavy atom. The van der Waals surface area contributed by atoms with Gasteiger partial charge in [0.15, 0.2) is 0 Å². The van der Waals surface area contributed by atoms with E-state index in [-0.39, 0.29) is 5.82 Å².